The van der Waals surface area contributed by atoms with Crippen molar-refractivity contribution in [3.63, 3.8) is 0 Å². The SMILES string of the molecule is C/C(N)=C(\c1cnc2c3ccc(C(C)(C)O)cc3n(C(c3ccccc3)C3CCOCC3)c2c1Cl)N(C)N. The number of hydrogen-bond donors (Lipinski definition) is 3. The first-order chi connectivity index (χ1) is 18.1. The van der Waals surface area contributed by atoms with E-state index in [1.54, 1.807) is 34.0 Å². The van der Waals surface area contributed by atoms with E-state index in [2.05, 4.69) is 34.9 Å². The van der Waals surface area contributed by atoms with Crippen molar-refractivity contribution in [1.29, 1.82) is 0 Å². The van der Waals surface area contributed by atoms with Crippen LogP contribution in [-0.2, 0) is 10.3 Å². The van der Waals surface area contributed by atoms with Crippen LogP contribution in [-0.4, -0.2) is 39.9 Å². The maximum atomic E-state index is 10.9. The van der Waals surface area contributed by atoms with Crippen LogP contribution in [0.15, 0.2) is 60.4 Å². The van der Waals surface area contributed by atoms with Crippen molar-refractivity contribution in [2.45, 2.75) is 45.3 Å². The number of halogens is 1. The lowest BCUT2D eigenvalue weighted by Gasteiger charge is -2.33. The Morgan fingerprint density at radius 3 is 2.47 bits per heavy atom. The van der Waals surface area contributed by atoms with E-state index in [1.165, 1.54) is 10.6 Å². The van der Waals surface area contributed by atoms with E-state index in [-0.39, 0.29) is 6.04 Å². The Hall–Kier alpha value is -3.10. The summed E-state index contributed by atoms with van der Waals surface area (Å²) in [5.74, 6) is 6.51. The molecule has 200 valence electrons. The number of rotatable bonds is 6. The summed E-state index contributed by atoms with van der Waals surface area (Å²) in [5.41, 5.74) is 11.7. The Kier molecular flexibility index (Phi) is 7.13. The number of aromatic nitrogens is 2. The van der Waals surface area contributed by atoms with Gasteiger partial charge in [0.15, 0.2) is 0 Å². The highest BCUT2D eigenvalue weighted by Crippen LogP contribution is 2.44. The van der Waals surface area contributed by atoms with Crippen LogP contribution in [0.1, 0.15) is 56.3 Å². The van der Waals surface area contributed by atoms with E-state index in [9.17, 15) is 5.11 Å². The molecule has 7 nitrogen and oxygen atoms in total. The highest BCUT2D eigenvalue weighted by Gasteiger charge is 2.32. The van der Waals surface area contributed by atoms with Gasteiger partial charge in [-0.05, 0) is 56.7 Å². The van der Waals surface area contributed by atoms with Gasteiger partial charge >= 0.3 is 0 Å². The normalized spacial score (nSPS) is 16.6. The first kappa shape index (κ1) is 26.5. The molecule has 1 unspecified atom stereocenters. The number of nitrogens with two attached hydrogens (primary N) is 2. The fourth-order valence-corrected chi connectivity index (χ4v) is 6.09. The number of hydrazine groups is 1. The summed E-state index contributed by atoms with van der Waals surface area (Å²) >= 11 is 7.29. The molecule has 4 aromatic rings. The van der Waals surface area contributed by atoms with Gasteiger partial charge in [0.25, 0.3) is 0 Å². The minimum atomic E-state index is -1.01. The fourth-order valence-electron chi connectivity index (χ4n) is 5.78. The van der Waals surface area contributed by atoms with Gasteiger partial charge in [0.1, 0.15) is 0 Å². The van der Waals surface area contributed by atoms with E-state index < -0.39 is 5.60 Å². The second-order valence-electron chi connectivity index (χ2n) is 10.8. The molecule has 1 fully saturated rings. The number of aliphatic hydroxyl groups is 1. The third-order valence-corrected chi connectivity index (χ3v) is 7.95. The Morgan fingerprint density at radius 2 is 1.87 bits per heavy atom. The second-order valence-corrected chi connectivity index (χ2v) is 11.2. The van der Waals surface area contributed by atoms with Crippen LogP contribution in [0.3, 0.4) is 0 Å². The zero-order valence-corrected chi connectivity index (χ0v) is 23.2. The van der Waals surface area contributed by atoms with E-state index >= 15 is 0 Å². The van der Waals surface area contributed by atoms with Crippen LogP contribution in [0.5, 0.6) is 0 Å². The Bertz CT molecular complexity index is 1490. The van der Waals surface area contributed by atoms with Gasteiger partial charge in [0.2, 0.25) is 0 Å². The standard InChI is InChI=1S/C30H36ClN5O2/c1-18(32)27(35(4)33)23-17-34-26-22-11-10-21(30(2,3)37)16-24(22)36(29(26)25(23)31)28(19-8-6-5-7-9-19)20-12-14-38-15-13-20/h5-11,16-17,20,28,37H,12-15,32-33H2,1-4H3/b27-18-. The summed E-state index contributed by atoms with van der Waals surface area (Å²) in [6.07, 6.45) is 3.60. The predicted octanol–water partition coefficient (Wildman–Crippen LogP) is 5.54. The van der Waals surface area contributed by atoms with Gasteiger partial charge in [-0.2, -0.15) is 0 Å². The second kappa shape index (κ2) is 10.2. The predicted molar refractivity (Wildman–Crippen MR) is 154 cm³/mol. The van der Waals surface area contributed by atoms with Gasteiger partial charge in [-0.25, -0.2) is 5.84 Å². The molecule has 0 spiro atoms. The summed E-state index contributed by atoms with van der Waals surface area (Å²) in [4.78, 5) is 4.93. The summed E-state index contributed by atoms with van der Waals surface area (Å²) in [6.45, 7) is 6.84. The maximum absolute atomic E-state index is 10.9. The monoisotopic (exact) mass is 533 g/mol. The molecule has 0 radical (unpaired) electrons. The number of hydrogen-bond acceptors (Lipinski definition) is 6. The van der Waals surface area contributed by atoms with Gasteiger partial charge in [0, 0.05) is 43.1 Å². The van der Waals surface area contributed by atoms with Crippen LogP contribution in [0.4, 0.5) is 0 Å². The average Bonchev–Trinajstić information content (AvgIpc) is 3.20. The smallest absolute Gasteiger partial charge is 0.0975 e. The highest BCUT2D eigenvalue weighted by atomic mass is 35.5. The third-order valence-electron chi connectivity index (χ3n) is 7.56. The summed E-state index contributed by atoms with van der Waals surface area (Å²) in [5, 5.41) is 13.9. The molecule has 2 aromatic heterocycles. The molecule has 1 aliphatic rings. The number of ether oxygens (including phenoxy) is 1. The number of fused-ring (bicyclic) bond motifs is 3. The Balaban J connectivity index is 1.92. The Morgan fingerprint density at radius 1 is 1.18 bits per heavy atom. The largest absolute Gasteiger partial charge is 0.401 e. The van der Waals surface area contributed by atoms with Crippen LogP contribution < -0.4 is 11.6 Å². The molecular weight excluding hydrogens is 498 g/mol. The Labute approximate surface area is 228 Å². The summed E-state index contributed by atoms with van der Waals surface area (Å²) in [6, 6.07) is 16.6. The minimum absolute atomic E-state index is 0.0197. The molecule has 0 aliphatic carbocycles. The van der Waals surface area contributed by atoms with E-state index in [0.717, 1.165) is 40.3 Å². The van der Waals surface area contributed by atoms with Crippen LogP contribution in [0.2, 0.25) is 5.02 Å². The summed E-state index contributed by atoms with van der Waals surface area (Å²) < 4.78 is 8.07. The summed E-state index contributed by atoms with van der Waals surface area (Å²) in [7, 11) is 1.74. The zero-order chi connectivity index (χ0) is 27.2. The molecule has 2 aromatic carbocycles. The van der Waals surface area contributed by atoms with Gasteiger partial charge in [-0.1, -0.05) is 54.1 Å². The van der Waals surface area contributed by atoms with Crippen LogP contribution in [0, 0.1) is 5.92 Å². The topological polar surface area (TPSA) is 103 Å². The highest BCUT2D eigenvalue weighted by molar-refractivity contribution is 6.37. The first-order valence-electron chi connectivity index (χ1n) is 13.0. The molecular formula is C30H36ClN5O2. The molecule has 0 saturated carbocycles. The first-order valence-corrected chi connectivity index (χ1v) is 13.4. The molecule has 1 aliphatic heterocycles. The lowest BCUT2D eigenvalue weighted by atomic mass is 9.86. The third kappa shape index (κ3) is 4.64. The van der Waals surface area contributed by atoms with E-state index in [0.29, 0.717) is 41.1 Å². The molecule has 0 amide bonds. The molecule has 0 bridgehead atoms. The molecule has 1 atom stereocenters. The van der Waals surface area contributed by atoms with Crippen molar-refractivity contribution in [1.82, 2.24) is 14.6 Å². The van der Waals surface area contributed by atoms with Gasteiger partial charge in [-0.3, -0.25) is 4.98 Å². The lowest BCUT2D eigenvalue weighted by Crippen LogP contribution is -2.28. The number of benzene rings is 2. The molecule has 1 saturated heterocycles. The molecule has 3 heterocycles. The zero-order valence-electron chi connectivity index (χ0n) is 22.4. The average molecular weight is 534 g/mol. The lowest BCUT2D eigenvalue weighted by molar-refractivity contribution is 0.0552. The quantitative estimate of drug-likeness (QED) is 0.222. The maximum Gasteiger partial charge on any atom is 0.0975 e. The molecule has 38 heavy (non-hydrogen) atoms. The van der Waals surface area contributed by atoms with Gasteiger partial charge < -0.3 is 25.2 Å². The number of pyridine rings is 1. The van der Waals surface area contributed by atoms with Gasteiger partial charge in [-0.15, -0.1) is 0 Å². The van der Waals surface area contributed by atoms with E-state index in [1.807, 2.05) is 18.2 Å². The van der Waals surface area contributed by atoms with Crippen molar-refractivity contribution >= 4 is 39.2 Å². The van der Waals surface area contributed by atoms with Crippen molar-refractivity contribution in [2.24, 2.45) is 17.5 Å². The number of allylic oxidation sites excluding steroid dienone is 1. The number of nitrogens with zero attached hydrogens (tertiary/aromatic N) is 3. The van der Waals surface area contributed by atoms with Crippen molar-refractivity contribution in [3.8, 4) is 0 Å². The van der Waals surface area contributed by atoms with Gasteiger partial charge in [0.05, 0.1) is 38.9 Å². The van der Waals surface area contributed by atoms with Crippen LogP contribution in [0.25, 0.3) is 27.6 Å². The fraction of sp³-hybridized carbons (Fsp3) is 0.367. The van der Waals surface area contributed by atoms with E-state index in [4.69, 9.17) is 32.9 Å². The molecule has 5 N–H and O–H groups in total. The minimum Gasteiger partial charge on any atom is -0.401 e. The van der Waals surface area contributed by atoms with Crippen molar-refractivity contribution in [2.75, 3.05) is 20.3 Å². The molecule has 8 heteroatoms. The van der Waals surface area contributed by atoms with Crippen molar-refractivity contribution < 1.29 is 9.84 Å². The van der Waals surface area contributed by atoms with Crippen LogP contribution >= 0.6 is 11.6 Å². The molecule has 5 rings (SSSR count). The van der Waals surface area contributed by atoms with Crippen molar-refractivity contribution in [3.05, 3.63) is 82.1 Å².